The van der Waals surface area contributed by atoms with Crippen molar-refractivity contribution >= 4 is 0 Å². The van der Waals surface area contributed by atoms with E-state index in [0.29, 0.717) is 5.54 Å². The van der Waals surface area contributed by atoms with Crippen LogP contribution in [0.15, 0.2) is 0 Å². The van der Waals surface area contributed by atoms with Crippen molar-refractivity contribution in [2.24, 2.45) is 23.5 Å². The Morgan fingerprint density at radius 2 is 1.57 bits per heavy atom. The average molecular weight is 293 g/mol. The molecule has 2 atom stereocenters. The van der Waals surface area contributed by atoms with Crippen LogP contribution < -0.4 is 5.73 Å². The topological polar surface area (TPSA) is 29.3 Å². The van der Waals surface area contributed by atoms with Crippen LogP contribution in [0.4, 0.5) is 0 Å². The first kappa shape index (κ1) is 15.8. The zero-order chi connectivity index (χ0) is 14.7. The van der Waals surface area contributed by atoms with Crippen LogP contribution in [0, 0.1) is 17.8 Å². The largest absolute Gasteiger partial charge is 0.329 e. The molecule has 3 saturated carbocycles. The monoisotopic (exact) mass is 292 g/mol. The highest BCUT2D eigenvalue weighted by molar-refractivity contribution is 4.98. The van der Waals surface area contributed by atoms with Crippen molar-refractivity contribution in [3.8, 4) is 0 Å². The van der Waals surface area contributed by atoms with Crippen molar-refractivity contribution in [1.82, 2.24) is 4.90 Å². The third-order valence-corrected chi connectivity index (χ3v) is 6.37. The van der Waals surface area contributed by atoms with Crippen LogP contribution in [-0.2, 0) is 0 Å². The van der Waals surface area contributed by atoms with Crippen molar-refractivity contribution in [2.75, 3.05) is 19.6 Å². The Labute approximate surface area is 131 Å². The van der Waals surface area contributed by atoms with E-state index in [-0.39, 0.29) is 0 Å². The quantitative estimate of drug-likeness (QED) is 0.680. The van der Waals surface area contributed by atoms with Crippen LogP contribution in [-0.4, -0.2) is 30.1 Å². The summed E-state index contributed by atoms with van der Waals surface area (Å²) in [6.07, 6.45) is 15.7. The molecule has 0 amide bonds. The first-order chi connectivity index (χ1) is 10.3. The normalized spacial score (nSPS) is 34.1. The van der Waals surface area contributed by atoms with Crippen molar-refractivity contribution in [2.45, 2.75) is 83.1 Å². The fourth-order valence-corrected chi connectivity index (χ4v) is 4.49. The van der Waals surface area contributed by atoms with Gasteiger partial charge in [-0.05, 0) is 62.7 Å². The highest BCUT2D eigenvalue weighted by atomic mass is 15.2. The third kappa shape index (κ3) is 4.22. The minimum absolute atomic E-state index is 0.355. The van der Waals surface area contributed by atoms with E-state index in [2.05, 4.69) is 11.8 Å². The minimum Gasteiger partial charge on any atom is -0.329 e. The summed E-state index contributed by atoms with van der Waals surface area (Å²) in [6, 6.07) is 0. The summed E-state index contributed by atoms with van der Waals surface area (Å²) in [5, 5.41) is 0. The summed E-state index contributed by atoms with van der Waals surface area (Å²) in [5.74, 6) is 2.98. The highest BCUT2D eigenvalue weighted by Crippen LogP contribution is 2.41. The maximum absolute atomic E-state index is 6.38. The molecule has 0 aliphatic heterocycles. The summed E-state index contributed by atoms with van der Waals surface area (Å²) >= 11 is 0. The van der Waals surface area contributed by atoms with E-state index < -0.39 is 0 Å². The minimum atomic E-state index is 0.355. The lowest BCUT2D eigenvalue weighted by Crippen LogP contribution is -2.55. The van der Waals surface area contributed by atoms with Crippen LogP contribution >= 0.6 is 0 Å². The van der Waals surface area contributed by atoms with Gasteiger partial charge in [0.05, 0.1) is 0 Å². The van der Waals surface area contributed by atoms with Crippen LogP contribution in [0.3, 0.4) is 0 Å². The first-order valence-corrected chi connectivity index (χ1v) is 9.71. The zero-order valence-corrected chi connectivity index (χ0v) is 14.2. The van der Waals surface area contributed by atoms with Gasteiger partial charge in [0.2, 0.25) is 0 Å². The van der Waals surface area contributed by atoms with Gasteiger partial charge in [0, 0.05) is 25.2 Å². The molecule has 3 aliphatic rings. The van der Waals surface area contributed by atoms with Crippen LogP contribution in [0.2, 0.25) is 0 Å². The second-order valence-corrected chi connectivity index (χ2v) is 8.31. The maximum Gasteiger partial charge on any atom is 0.0332 e. The van der Waals surface area contributed by atoms with E-state index in [0.717, 1.165) is 24.3 Å². The summed E-state index contributed by atoms with van der Waals surface area (Å²) in [6.45, 7) is 5.94. The van der Waals surface area contributed by atoms with E-state index in [4.69, 9.17) is 5.73 Å². The van der Waals surface area contributed by atoms with Gasteiger partial charge in [-0.1, -0.05) is 32.6 Å². The number of hydrogen-bond acceptors (Lipinski definition) is 2. The molecule has 2 unspecified atom stereocenters. The van der Waals surface area contributed by atoms with Gasteiger partial charge in [-0.25, -0.2) is 0 Å². The van der Waals surface area contributed by atoms with Gasteiger partial charge in [0.25, 0.3) is 0 Å². The predicted octanol–water partition coefficient (Wildman–Crippen LogP) is 4.19. The smallest absolute Gasteiger partial charge is 0.0332 e. The standard InChI is InChI=1S/C19H36N2/c1-2-4-16-5-3-11-19(15-20,12-10-16)21(13-17-6-7-17)14-18-8-9-18/h16-18H,2-15,20H2,1H3. The second kappa shape index (κ2) is 7.00. The maximum atomic E-state index is 6.38. The molecule has 0 bridgehead atoms. The summed E-state index contributed by atoms with van der Waals surface area (Å²) in [4.78, 5) is 2.89. The Morgan fingerprint density at radius 1 is 0.905 bits per heavy atom. The molecule has 3 rings (SSSR count). The number of nitrogens with zero attached hydrogens (tertiary/aromatic N) is 1. The van der Waals surface area contributed by atoms with Crippen LogP contribution in [0.25, 0.3) is 0 Å². The molecule has 3 aliphatic carbocycles. The lowest BCUT2D eigenvalue weighted by atomic mass is 9.86. The molecular weight excluding hydrogens is 256 g/mol. The first-order valence-electron chi connectivity index (χ1n) is 9.71. The van der Waals surface area contributed by atoms with Crippen LogP contribution in [0.5, 0.6) is 0 Å². The highest BCUT2D eigenvalue weighted by Gasteiger charge is 2.41. The van der Waals surface area contributed by atoms with Crippen molar-refractivity contribution in [1.29, 1.82) is 0 Å². The van der Waals surface area contributed by atoms with Crippen molar-refractivity contribution in [3.63, 3.8) is 0 Å². The Balaban J connectivity index is 1.65. The van der Waals surface area contributed by atoms with E-state index in [1.165, 1.54) is 83.7 Å². The SMILES string of the molecule is CCCC1CCCC(CN)(N(CC2CC2)CC2CC2)CC1. The lowest BCUT2D eigenvalue weighted by molar-refractivity contribution is 0.0665. The lowest BCUT2D eigenvalue weighted by Gasteiger charge is -2.44. The molecule has 2 heteroatoms. The molecule has 0 aromatic carbocycles. The van der Waals surface area contributed by atoms with E-state index in [1.807, 2.05) is 0 Å². The van der Waals surface area contributed by atoms with Gasteiger partial charge in [-0.2, -0.15) is 0 Å². The van der Waals surface area contributed by atoms with Gasteiger partial charge >= 0.3 is 0 Å². The fraction of sp³-hybridized carbons (Fsp3) is 1.00. The van der Waals surface area contributed by atoms with E-state index >= 15 is 0 Å². The van der Waals surface area contributed by atoms with Gasteiger partial charge < -0.3 is 5.73 Å². The predicted molar refractivity (Wildman–Crippen MR) is 90.3 cm³/mol. The molecular formula is C19H36N2. The Hall–Kier alpha value is -0.0800. The van der Waals surface area contributed by atoms with Gasteiger partial charge in [0.1, 0.15) is 0 Å². The molecule has 0 spiro atoms. The molecule has 0 heterocycles. The van der Waals surface area contributed by atoms with E-state index in [1.54, 1.807) is 0 Å². The molecule has 21 heavy (non-hydrogen) atoms. The Kier molecular flexibility index (Phi) is 5.27. The van der Waals surface area contributed by atoms with Crippen molar-refractivity contribution in [3.05, 3.63) is 0 Å². The molecule has 122 valence electrons. The fourth-order valence-electron chi connectivity index (χ4n) is 4.49. The molecule has 0 radical (unpaired) electrons. The third-order valence-electron chi connectivity index (χ3n) is 6.37. The number of hydrogen-bond donors (Lipinski definition) is 1. The van der Waals surface area contributed by atoms with Gasteiger partial charge in [-0.3, -0.25) is 4.90 Å². The molecule has 2 N–H and O–H groups in total. The molecule has 0 aromatic rings. The van der Waals surface area contributed by atoms with Gasteiger partial charge in [0.15, 0.2) is 0 Å². The molecule has 0 saturated heterocycles. The molecule has 0 aromatic heterocycles. The number of rotatable bonds is 8. The zero-order valence-electron chi connectivity index (χ0n) is 14.2. The van der Waals surface area contributed by atoms with E-state index in [9.17, 15) is 0 Å². The molecule has 2 nitrogen and oxygen atoms in total. The summed E-state index contributed by atoms with van der Waals surface area (Å²) < 4.78 is 0. The Bertz CT molecular complexity index is 308. The van der Waals surface area contributed by atoms with Gasteiger partial charge in [-0.15, -0.1) is 0 Å². The molecule has 3 fully saturated rings. The van der Waals surface area contributed by atoms with Crippen LogP contribution in [0.1, 0.15) is 77.6 Å². The summed E-state index contributed by atoms with van der Waals surface area (Å²) in [5.41, 5.74) is 6.73. The average Bonchev–Trinajstić information content (AvgIpc) is 3.35. The van der Waals surface area contributed by atoms with Crippen molar-refractivity contribution < 1.29 is 0 Å². The number of nitrogens with two attached hydrogens (primary N) is 1. The second-order valence-electron chi connectivity index (χ2n) is 8.31. The Morgan fingerprint density at radius 3 is 2.10 bits per heavy atom. The summed E-state index contributed by atoms with van der Waals surface area (Å²) in [7, 11) is 0.